The molecular formula is C12H21N5O3. The first kappa shape index (κ1) is 15.9. The molecule has 0 aliphatic heterocycles. The number of rotatable bonds is 4. The Morgan fingerprint density at radius 2 is 2.00 bits per heavy atom. The van der Waals surface area contributed by atoms with Crippen molar-refractivity contribution < 1.29 is 9.72 Å². The minimum Gasteiger partial charge on any atom is -0.358 e. The third-order valence-electron chi connectivity index (χ3n) is 2.72. The lowest BCUT2D eigenvalue weighted by atomic mass is 10.1. The average Bonchev–Trinajstić information content (AvgIpc) is 2.55. The molecule has 0 bridgehead atoms. The first-order chi connectivity index (χ1) is 9.03. The summed E-state index contributed by atoms with van der Waals surface area (Å²) < 4.78 is 1.55. The highest BCUT2D eigenvalue weighted by molar-refractivity contribution is 5.85. The molecule has 112 valence electrons. The van der Waals surface area contributed by atoms with Gasteiger partial charge in [-0.15, -0.1) is 0 Å². The highest BCUT2D eigenvalue weighted by atomic mass is 16.6. The molecule has 0 aliphatic rings. The second kappa shape index (κ2) is 5.48. The molecule has 8 nitrogen and oxygen atoms in total. The number of carbonyl (C=O) groups is 1. The maximum absolute atomic E-state index is 12.0. The number of aromatic nitrogens is 2. The van der Waals surface area contributed by atoms with Gasteiger partial charge in [0.1, 0.15) is 6.04 Å². The van der Waals surface area contributed by atoms with Crippen molar-refractivity contribution in [3.8, 4) is 0 Å². The van der Waals surface area contributed by atoms with Gasteiger partial charge in [-0.1, -0.05) is 0 Å². The van der Waals surface area contributed by atoms with Crippen LogP contribution in [-0.4, -0.2) is 32.0 Å². The minimum atomic E-state index is -0.609. The van der Waals surface area contributed by atoms with Crippen molar-refractivity contribution in [2.24, 2.45) is 7.05 Å². The molecule has 0 spiro atoms. The smallest absolute Gasteiger partial charge is 0.358 e. The van der Waals surface area contributed by atoms with Crippen LogP contribution in [0, 0.1) is 17.0 Å². The Kier molecular flexibility index (Phi) is 4.36. The Morgan fingerprint density at radius 1 is 1.45 bits per heavy atom. The van der Waals surface area contributed by atoms with Gasteiger partial charge in [0.2, 0.25) is 17.5 Å². The molecular weight excluding hydrogens is 262 g/mol. The maximum atomic E-state index is 12.0. The zero-order valence-corrected chi connectivity index (χ0v) is 12.6. The van der Waals surface area contributed by atoms with Crippen LogP contribution in [0.3, 0.4) is 0 Å². The number of hydrogen-bond acceptors (Lipinski definition) is 5. The number of nitro groups is 1. The Labute approximate surface area is 117 Å². The van der Waals surface area contributed by atoms with Crippen LogP contribution in [-0.2, 0) is 11.8 Å². The summed E-state index contributed by atoms with van der Waals surface area (Å²) >= 11 is 0. The molecule has 0 aliphatic carbocycles. The number of nitrogens with one attached hydrogen (secondary N) is 2. The third kappa shape index (κ3) is 3.69. The molecule has 2 N–H and O–H groups in total. The summed E-state index contributed by atoms with van der Waals surface area (Å²) in [5.41, 5.74) is -0.360. The topological polar surface area (TPSA) is 102 Å². The second-order valence-corrected chi connectivity index (χ2v) is 5.75. The van der Waals surface area contributed by atoms with E-state index >= 15 is 0 Å². The van der Waals surface area contributed by atoms with E-state index in [2.05, 4.69) is 15.6 Å². The van der Waals surface area contributed by atoms with Gasteiger partial charge in [0.25, 0.3) is 0 Å². The van der Waals surface area contributed by atoms with Crippen LogP contribution in [0.2, 0.25) is 0 Å². The predicted octanol–water partition coefficient (Wildman–Crippen LogP) is 1.35. The van der Waals surface area contributed by atoms with Gasteiger partial charge in [-0.05, 0) is 37.6 Å². The van der Waals surface area contributed by atoms with E-state index in [4.69, 9.17) is 0 Å². The van der Waals surface area contributed by atoms with Gasteiger partial charge in [0.15, 0.2) is 0 Å². The zero-order chi connectivity index (χ0) is 15.7. The van der Waals surface area contributed by atoms with Gasteiger partial charge >= 0.3 is 5.82 Å². The molecule has 8 heteroatoms. The zero-order valence-electron chi connectivity index (χ0n) is 12.6. The van der Waals surface area contributed by atoms with Gasteiger partial charge in [-0.25, -0.2) is 0 Å². The van der Waals surface area contributed by atoms with E-state index < -0.39 is 11.0 Å². The van der Waals surface area contributed by atoms with E-state index in [1.54, 1.807) is 25.5 Å². The standard InChI is InChI=1S/C12H21N5O3/c1-7(11(18)15-12(3,4)5)13-9-10(17(19)20)14-8(2)16(9)6/h7,13H,1-6H3,(H,15,18). The van der Waals surface area contributed by atoms with E-state index in [0.29, 0.717) is 5.82 Å². The van der Waals surface area contributed by atoms with E-state index in [1.165, 1.54) is 0 Å². The lowest BCUT2D eigenvalue weighted by molar-refractivity contribution is -0.388. The fraction of sp³-hybridized carbons (Fsp3) is 0.667. The van der Waals surface area contributed by atoms with Crippen molar-refractivity contribution in [3.63, 3.8) is 0 Å². The summed E-state index contributed by atoms with van der Waals surface area (Å²) in [7, 11) is 1.66. The molecule has 0 aromatic carbocycles. The molecule has 1 amide bonds. The number of hydrogen-bond donors (Lipinski definition) is 2. The summed E-state index contributed by atoms with van der Waals surface area (Å²) in [4.78, 5) is 26.2. The molecule has 1 aromatic rings. The highest BCUT2D eigenvalue weighted by Gasteiger charge is 2.27. The number of amides is 1. The summed E-state index contributed by atoms with van der Waals surface area (Å²) in [6.45, 7) is 8.92. The van der Waals surface area contributed by atoms with Gasteiger partial charge in [-0.3, -0.25) is 9.36 Å². The highest BCUT2D eigenvalue weighted by Crippen LogP contribution is 2.24. The van der Waals surface area contributed by atoms with Crippen LogP contribution < -0.4 is 10.6 Å². The molecule has 1 aromatic heterocycles. The summed E-state index contributed by atoms with van der Waals surface area (Å²) in [5.74, 6) is 0.220. The van der Waals surface area contributed by atoms with Crippen molar-refractivity contribution in [2.75, 3.05) is 5.32 Å². The fourth-order valence-corrected chi connectivity index (χ4v) is 1.63. The molecule has 1 unspecified atom stereocenters. The first-order valence-electron chi connectivity index (χ1n) is 6.29. The van der Waals surface area contributed by atoms with Crippen molar-refractivity contribution in [2.45, 2.75) is 46.2 Å². The summed E-state index contributed by atoms with van der Waals surface area (Å²) in [6, 6.07) is -0.609. The average molecular weight is 283 g/mol. The Hall–Kier alpha value is -2.12. The summed E-state index contributed by atoms with van der Waals surface area (Å²) in [5, 5.41) is 16.6. The van der Waals surface area contributed by atoms with Crippen LogP contribution in [0.4, 0.5) is 11.6 Å². The van der Waals surface area contributed by atoms with Gasteiger partial charge < -0.3 is 20.7 Å². The predicted molar refractivity (Wildman–Crippen MR) is 75.6 cm³/mol. The van der Waals surface area contributed by atoms with Crippen LogP contribution in [0.1, 0.15) is 33.5 Å². The Balaban J connectivity index is 2.93. The van der Waals surface area contributed by atoms with E-state index in [0.717, 1.165) is 0 Å². The van der Waals surface area contributed by atoms with Crippen LogP contribution in [0.15, 0.2) is 0 Å². The van der Waals surface area contributed by atoms with Crippen molar-refractivity contribution >= 4 is 17.5 Å². The monoisotopic (exact) mass is 283 g/mol. The normalized spacial score (nSPS) is 12.9. The number of imidazole rings is 1. The second-order valence-electron chi connectivity index (χ2n) is 5.75. The minimum absolute atomic E-state index is 0.226. The van der Waals surface area contributed by atoms with Gasteiger partial charge in [0, 0.05) is 19.5 Å². The first-order valence-corrected chi connectivity index (χ1v) is 6.29. The van der Waals surface area contributed by atoms with Gasteiger partial charge in [0.05, 0.1) is 0 Å². The molecule has 0 fully saturated rings. The lowest BCUT2D eigenvalue weighted by Gasteiger charge is -2.23. The number of anilines is 1. The molecule has 0 radical (unpaired) electrons. The number of aryl methyl sites for hydroxylation is 1. The lowest BCUT2D eigenvalue weighted by Crippen LogP contribution is -2.47. The molecule has 0 saturated heterocycles. The Bertz CT molecular complexity index is 530. The van der Waals surface area contributed by atoms with Crippen LogP contribution in [0.5, 0.6) is 0 Å². The fourth-order valence-electron chi connectivity index (χ4n) is 1.63. The molecule has 1 heterocycles. The van der Waals surface area contributed by atoms with Gasteiger partial charge in [-0.2, -0.15) is 0 Å². The SMILES string of the molecule is Cc1nc([N+](=O)[O-])c(NC(C)C(=O)NC(C)(C)C)n1C. The van der Waals surface area contributed by atoms with E-state index in [1.807, 2.05) is 20.8 Å². The summed E-state index contributed by atoms with van der Waals surface area (Å²) in [6.07, 6.45) is 0. The quantitative estimate of drug-likeness (QED) is 0.641. The molecule has 1 rings (SSSR count). The van der Waals surface area contributed by atoms with E-state index in [9.17, 15) is 14.9 Å². The molecule has 1 atom stereocenters. The van der Waals surface area contributed by atoms with Crippen molar-refractivity contribution in [3.05, 3.63) is 15.9 Å². The molecule has 0 saturated carbocycles. The largest absolute Gasteiger partial charge is 0.406 e. The number of nitrogens with zero attached hydrogens (tertiary/aromatic N) is 3. The maximum Gasteiger partial charge on any atom is 0.406 e. The Morgan fingerprint density at radius 3 is 2.45 bits per heavy atom. The molecule has 20 heavy (non-hydrogen) atoms. The number of carbonyl (C=O) groups excluding carboxylic acids is 1. The van der Waals surface area contributed by atoms with Crippen molar-refractivity contribution in [1.29, 1.82) is 0 Å². The third-order valence-corrected chi connectivity index (χ3v) is 2.72. The van der Waals surface area contributed by atoms with Crippen molar-refractivity contribution in [1.82, 2.24) is 14.9 Å². The van der Waals surface area contributed by atoms with Crippen LogP contribution >= 0.6 is 0 Å². The van der Waals surface area contributed by atoms with E-state index in [-0.39, 0.29) is 23.1 Å². The van der Waals surface area contributed by atoms with Crippen LogP contribution in [0.25, 0.3) is 0 Å².